The van der Waals surface area contributed by atoms with Gasteiger partial charge >= 0.3 is 11.9 Å². The van der Waals surface area contributed by atoms with Gasteiger partial charge in [0.2, 0.25) is 0 Å². The molecule has 44 heavy (non-hydrogen) atoms. The van der Waals surface area contributed by atoms with Crippen molar-refractivity contribution < 1.29 is 38.7 Å². The van der Waals surface area contributed by atoms with E-state index >= 15 is 0 Å². The van der Waals surface area contributed by atoms with E-state index in [1.54, 1.807) is 12.1 Å². The number of ether oxygens (including phenoxy) is 4. The van der Waals surface area contributed by atoms with Crippen molar-refractivity contribution in [3.05, 3.63) is 59.2 Å². The zero-order chi connectivity index (χ0) is 31.4. The van der Waals surface area contributed by atoms with Crippen LogP contribution in [-0.4, -0.2) is 102 Å². The smallest absolute Gasteiger partial charge is 0.354 e. The van der Waals surface area contributed by atoms with Gasteiger partial charge in [-0.3, -0.25) is 4.90 Å². The molecule has 11 nitrogen and oxygen atoms in total. The Morgan fingerprint density at radius 2 is 1.41 bits per heavy atom. The zero-order valence-corrected chi connectivity index (χ0v) is 26.0. The molecule has 2 aromatic rings. The monoisotopic (exact) mass is 613 g/mol. The third kappa shape index (κ3) is 11.2. The molecule has 0 spiro atoms. The van der Waals surface area contributed by atoms with Gasteiger partial charge < -0.3 is 29.2 Å². The molecule has 2 aromatic heterocycles. The Morgan fingerprint density at radius 1 is 0.795 bits per heavy atom. The van der Waals surface area contributed by atoms with E-state index < -0.39 is 11.9 Å². The first-order valence-electron chi connectivity index (χ1n) is 15.7. The standard InChI is InChI=1S/C33H47N3O8/c1-33(2)12-9-29-30(22-33)43-16-11-24(21-25-5-3-7-27(34-25)31(37)38)10-15-41-19-20-42-17-13-36(14-18-44-29)23-26-6-4-8-28(35-26)32(39)40/h3-8,24,29-30H,9-23H2,1-2H3,(H,37,38)(H,39,40). The van der Waals surface area contributed by atoms with Gasteiger partial charge in [-0.25, -0.2) is 19.6 Å². The molecule has 1 aliphatic heterocycles. The van der Waals surface area contributed by atoms with Crippen molar-refractivity contribution in [3.8, 4) is 0 Å². The van der Waals surface area contributed by atoms with Crippen LogP contribution in [0.3, 0.4) is 0 Å². The summed E-state index contributed by atoms with van der Waals surface area (Å²) in [5.41, 5.74) is 1.71. The highest BCUT2D eigenvalue weighted by Crippen LogP contribution is 2.38. The molecule has 0 amide bonds. The predicted octanol–water partition coefficient (Wildman–Crippen LogP) is 4.34. The Kier molecular flexibility index (Phi) is 13.1. The third-order valence-corrected chi connectivity index (χ3v) is 8.40. The molecule has 2 aliphatic rings. The van der Waals surface area contributed by atoms with E-state index in [1.165, 1.54) is 12.1 Å². The molecule has 3 atom stereocenters. The molecule has 2 fully saturated rings. The maximum absolute atomic E-state index is 11.4. The van der Waals surface area contributed by atoms with Crippen LogP contribution in [0.15, 0.2) is 36.4 Å². The van der Waals surface area contributed by atoms with Gasteiger partial charge in [0.15, 0.2) is 0 Å². The number of carboxylic acid groups (broad SMARTS) is 2. The van der Waals surface area contributed by atoms with E-state index in [-0.39, 0.29) is 34.9 Å². The largest absolute Gasteiger partial charge is 0.477 e. The number of rotatable bonds is 6. The van der Waals surface area contributed by atoms with Crippen LogP contribution < -0.4 is 0 Å². The van der Waals surface area contributed by atoms with E-state index in [0.29, 0.717) is 71.4 Å². The van der Waals surface area contributed by atoms with Crippen LogP contribution in [0.1, 0.15) is 78.3 Å². The summed E-state index contributed by atoms with van der Waals surface area (Å²) in [5.74, 6) is -1.84. The molecule has 1 aliphatic carbocycles. The van der Waals surface area contributed by atoms with Crippen molar-refractivity contribution in [2.24, 2.45) is 11.3 Å². The molecule has 11 heteroatoms. The Labute approximate surface area is 259 Å². The maximum atomic E-state index is 11.4. The van der Waals surface area contributed by atoms with Crippen molar-refractivity contribution in [2.75, 3.05) is 52.7 Å². The Bertz CT molecular complexity index is 1210. The van der Waals surface area contributed by atoms with Crippen LogP contribution in [0.25, 0.3) is 0 Å². The summed E-state index contributed by atoms with van der Waals surface area (Å²) >= 11 is 0. The van der Waals surface area contributed by atoms with E-state index in [0.717, 1.165) is 37.8 Å². The molecular formula is C33H47N3O8. The van der Waals surface area contributed by atoms with Crippen LogP contribution in [0.4, 0.5) is 0 Å². The molecule has 4 rings (SSSR count). The fourth-order valence-corrected chi connectivity index (χ4v) is 5.88. The summed E-state index contributed by atoms with van der Waals surface area (Å²) in [7, 11) is 0. The molecule has 0 aromatic carbocycles. The van der Waals surface area contributed by atoms with E-state index in [4.69, 9.17) is 18.9 Å². The van der Waals surface area contributed by atoms with Crippen molar-refractivity contribution in [1.29, 1.82) is 0 Å². The van der Waals surface area contributed by atoms with E-state index in [1.807, 2.05) is 12.1 Å². The highest BCUT2D eigenvalue weighted by atomic mass is 16.5. The molecule has 2 N–H and O–H groups in total. The van der Waals surface area contributed by atoms with Gasteiger partial charge in [-0.1, -0.05) is 26.0 Å². The number of nitrogens with zero attached hydrogens (tertiary/aromatic N) is 3. The van der Waals surface area contributed by atoms with Crippen molar-refractivity contribution >= 4 is 11.9 Å². The number of hydrogen-bond donors (Lipinski definition) is 2. The molecule has 3 heterocycles. The number of aromatic nitrogens is 2. The summed E-state index contributed by atoms with van der Waals surface area (Å²) in [4.78, 5) is 33.7. The van der Waals surface area contributed by atoms with Gasteiger partial charge in [0.05, 0.1) is 44.3 Å². The second-order valence-electron chi connectivity index (χ2n) is 12.5. The number of pyridine rings is 2. The molecule has 1 saturated carbocycles. The van der Waals surface area contributed by atoms with Crippen LogP contribution in [-0.2, 0) is 31.9 Å². The van der Waals surface area contributed by atoms with E-state index in [2.05, 4.69) is 28.7 Å². The minimum Gasteiger partial charge on any atom is -0.477 e. The quantitative estimate of drug-likeness (QED) is 0.481. The predicted molar refractivity (Wildman–Crippen MR) is 163 cm³/mol. The molecule has 3 unspecified atom stereocenters. The minimum absolute atomic E-state index is 0.0100. The Morgan fingerprint density at radius 3 is 2.14 bits per heavy atom. The summed E-state index contributed by atoms with van der Waals surface area (Å²) in [6.45, 7) is 9.43. The Hall–Kier alpha value is -2.96. The second kappa shape index (κ2) is 16.9. The lowest BCUT2D eigenvalue weighted by molar-refractivity contribution is -0.119. The lowest BCUT2D eigenvalue weighted by Gasteiger charge is -2.40. The Balaban J connectivity index is 1.40. The number of fused-ring (bicyclic) bond motifs is 1. The summed E-state index contributed by atoms with van der Waals surface area (Å²) in [5, 5.41) is 18.7. The highest BCUT2D eigenvalue weighted by Gasteiger charge is 2.36. The fourth-order valence-electron chi connectivity index (χ4n) is 5.88. The van der Waals surface area contributed by atoms with Crippen molar-refractivity contribution in [2.45, 2.75) is 71.1 Å². The van der Waals surface area contributed by atoms with Crippen molar-refractivity contribution in [3.63, 3.8) is 0 Å². The van der Waals surface area contributed by atoms with Gasteiger partial charge in [-0.2, -0.15) is 0 Å². The molecule has 242 valence electrons. The fraction of sp³-hybridized carbons (Fsp3) is 0.636. The number of carbonyl (C=O) groups is 2. The molecule has 0 bridgehead atoms. The molecule has 0 radical (unpaired) electrons. The first-order valence-corrected chi connectivity index (χ1v) is 15.7. The first-order chi connectivity index (χ1) is 21.2. The number of carboxylic acids is 2. The van der Waals surface area contributed by atoms with Gasteiger partial charge in [-0.15, -0.1) is 0 Å². The lowest BCUT2D eigenvalue weighted by Crippen LogP contribution is -2.42. The first kappa shape index (κ1) is 33.9. The van der Waals surface area contributed by atoms with Gasteiger partial charge in [0.1, 0.15) is 11.4 Å². The van der Waals surface area contributed by atoms with Crippen LogP contribution in [0, 0.1) is 11.3 Å². The average Bonchev–Trinajstić information content (AvgIpc) is 2.98. The number of aromatic carboxylic acids is 2. The normalized spacial score (nSPS) is 24.8. The van der Waals surface area contributed by atoms with Crippen LogP contribution in [0.5, 0.6) is 0 Å². The SMILES string of the molecule is CC1(C)CCC2OCCN(Cc3cccc(C(=O)O)n3)CCOCCOCCC(Cc3cccc(C(=O)O)n3)CCOC2C1. The summed E-state index contributed by atoms with van der Waals surface area (Å²) < 4.78 is 24.8. The van der Waals surface area contributed by atoms with Crippen molar-refractivity contribution in [1.82, 2.24) is 14.9 Å². The second-order valence-corrected chi connectivity index (χ2v) is 12.5. The van der Waals surface area contributed by atoms with Crippen LogP contribution in [0.2, 0.25) is 0 Å². The highest BCUT2D eigenvalue weighted by molar-refractivity contribution is 5.85. The van der Waals surface area contributed by atoms with Gasteiger partial charge in [0.25, 0.3) is 0 Å². The topological polar surface area (TPSA) is 141 Å². The summed E-state index contributed by atoms with van der Waals surface area (Å²) in [6.07, 6.45) is 5.13. The minimum atomic E-state index is -1.04. The molecular weight excluding hydrogens is 566 g/mol. The maximum Gasteiger partial charge on any atom is 0.354 e. The van der Waals surface area contributed by atoms with Gasteiger partial charge in [-0.05, 0) is 74.1 Å². The lowest BCUT2D eigenvalue weighted by atomic mass is 9.75. The number of hydrogen-bond acceptors (Lipinski definition) is 9. The van der Waals surface area contributed by atoms with Crippen LogP contribution >= 0.6 is 0 Å². The van der Waals surface area contributed by atoms with E-state index in [9.17, 15) is 19.8 Å². The van der Waals surface area contributed by atoms with Gasteiger partial charge in [0, 0.05) is 38.5 Å². The summed E-state index contributed by atoms with van der Waals surface area (Å²) in [6, 6.07) is 10.2. The average molecular weight is 614 g/mol. The zero-order valence-electron chi connectivity index (χ0n) is 26.0. The third-order valence-electron chi connectivity index (χ3n) is 8.40. The molecule has 1 saturated heterocycles.